The molecule has 0 fully saturated rings. The summed E-state index contributed by atoms with van der Waals surface area (Å²) < 4.78 is 0. The van der Waals surface area contributed by atoms with Gasteiger partial charge in [-0.05, 0) is 10.8 Å². The molecular weight excluding hydrogens is 273 g/mol. The molecule has 0 aromatic heterocycles. The van der Waals surface area contributed by atoms with Crippen molar-refractivity contribution in [1.29, 1.82) is 0 Å². The van der Waals surface area contributed by atoms with E-state index in [1.807, 2.05) is 31.3 Å². The van der Waals surface area contributed by atoms with Crippen molar-refractivity contribution in [1.82, 2.24) is 0 Å². The van der Waals surface area contributed by atoms with Crippen molar-refractivity contribution in [2.24, 2.45) is 0 Å². The maximum Gasteiger partial charge on any atom is 0 e. The van der Waals surface area contributed by atoms with Gasteiger partial charge in [-0.1, -0.05) is 42.5 Å². The first-order valence-electron chi connectivity index (χ1n) is 4.89. The molecule has 2 rings (SSSR count). The van der Waals surface area contributed by atoms with Gasteiger partial charge in [-0.15, -0.1) is 12.7 Å². The summed E-state index contributed by atoms with van der Waals surface area (Å²) in [4.78, 5) is 0. The van der Waals surface area contributed by atoms with Gasteiger partial charge >= 0.3 is 0 Å². The maximum absolute atomic E-state index is 4.20. The fourth-order valence-electron chi connectivity index (χ4n) is 1.40. The standard InChI is InChI=1S/C11H10N.C2H6N.Y/c1-12-11-8-4-6-9-5-2-3-7-10(9)11;1-3-2;/h2-8H,1H3;1-2H3;/q2*-1;. The van der Waals surface area contributed by atoms with E-state index >= 15 is 0 Å². The van der Waals surface area contributed by atoms with Crippen LogP contribution in [-0.4, -0.2) is 21.1 Å². The molecule has 0 aliphatic heterocycles. The van der Waals surface area contributed by atoms with E-state index in [1.165, 1.54) is 10.8 Å². The summed E-state index contributed by atoms with van der Waals surface area (Å²) in [5, 5.41) is 10.2. The van der Waals surface area contributed by atoms with E-state index in [0.29, 0.717) is 0 Å². The Kier molecular flexibility index (Phi) is 8.45. The Morgan fingerprint density at radius 2 is 1.38 bits per heavy atom. The third-order valence-electron chi connectivity index (χ3n) is 2.01. The molecule has 2 nitrogen and oxygen atoms in total. The van der Waals surface area contributed by atoms with E-state index in [0.717, 1.165) is 5.69 Å². The summed E-state index contributed by atoms with van der Waals surface area (Å²) in [6.07, 6.45) is 0. The van der Waals surface area contributed by atoms with E-state index < -0.39 is 0 Å². The molecule has 2 aromatic rings. The molecule has 0 aliphatic rings. The number of nitrogens with zero attached hydrogens (tertiary/aromatic N) is 2. The van der Waals surface area contributed by atoms with Gasteiger partial charge in [0.25, 0.3) is 0 Å². The molecule has 16 heavy (non-hydrogen) atoms. The molecule has 0 heterocycles. The molecule has 0 N–H and O–H groups in total. The van der Waals surface area contributed by atoms with Crippen LogP contribution in [0.3, 0.4) is 0 Å². The summed E-state index contributed by atoms with van der Waals surface area (Å²) in [6.45, 7) is 0. The first kappa shape index (κ1) is 15.6. The van der Waals surface area contributed by atoms with E-state index in [2.05, 4.69) is 28.8 Å². The van der Waals surface area contributed by atoms with E-state index in [1.54, 1.807) is 14.1 Å². The third kappa shape index (κ3) is 4.21. The van der Waals surface area contributed by atoms with Gasteiger partial charge in [-0.3, -0.25) is 0 Å². The summed E-state index contributed by atoms with van der Waals surface area (Å²) in [5.74, 6) is 0. The molecule has 0 amide bonds. The molecule has 0 saturated heterocycles. The minimum Gasteiger partial charge on any atom is -0.686 e. The summed E-state index contributed by atoms with van der Waals surface area (Å²) in [5.41, 5.74) is 1.06. The zero-order valence-corrected chi connectivity index (χ0v) is 12.9. The van der Waals surface area contributed by atoms with Gasteiger partial charge in [0.05, 0.1) is 0 Å². The van der Waals surface area contributed by atoms with Gasteiger partial charge in [0.15, 0.2) is 0 Å². The number of rotatable bonds is 1. The molecule has 1 radical (unpaired) electrons. The molecule has 3 heteroatoms. The number of hydrogen-bond donors (Lipinski definition) is 0. The van der Waals surface area contributed by atoms with Crippen molar-refractivity contribution in [2.45, 2.75) is 0 Å². The average Bonchev–Trinajstić information content (AvgIpc) is 2.29. The number of benzene rings is 2. The Labute approximate surface area is 123 Å². The van der Waals surface area contributed by atoms with Crippen LogP contribution >= 0.6 is 0 Å². The smallest absolute Gasteiger partial charge is 0 e. The van der Waals surface area contributed by atoms with Crippen molar-refractivity contribution in [3.8, 4) is 0 Å². The average molecular weight is 289 g/mol. The van der Waals surface area contributed by atoms with E-state index in [4.69, 9.17) is 0 Å². The topological polar surface area (TPSA) is 28.2 Å². The van der Waals surface area contributed by atoms with Crippen molar-refractivity contribution in [2.75, 3.05) is 21.1 Å². The van der Waals surface area contributed by atoms with Crippen molar-refractivity contribution < 1.29 is 32.7 Å². The molecule has 0 saturated carbocycles. The van der Waals surface area contributed by atoms with Gasteiger partial charge in [0.2, 0.25) is 0 Å². The molecule has 83 valence electrons. The largest absolute Gasteiger partial charge is 0.686 e. The minimum atomic E-state index is 0. The van der Waals surface area contributed by atoms with Crippen LogP contribution in [0.15, 0.2) is 42.5 Å². The van der Waals surface area contributed by atoms with Crippen LogP contribution in [-0.2, 0) is 32.7 Å². The van der Waals surface area contributed by atoms with Gasteiger partial charge < -0.3 is 10.6 Å². The first-order valence-corrected chi connectivity index (χ1v) is 4.89. The van der Waals surface area contributed by atoms with Crippen molar-refractivity contribution >= 4 is 16.5 Å². The Bertz CT molecular complexity index is 410. The molecule has 0 aliphatic carbocycles. The van der Waals surface area contributed by atoms with Gasteiger partial charge in [-0.25, -0.2) is 0 Å². The fourth-order valence-corrected chi connectivity index (χ4v) is 1.40. The molecular formula is C13H16N2Y-2. The van der Waals surface area contributed by atoms with E-state index in [-0.39, 0.29) is 32.7 Å². The maximum atomic E-state index is 4.20. The second-order valence-corrected chi connectivity index (χ2v) is 3.17. The van der Waals surface area contributed by atoms with Crippen LogP contribution in [0.5, 0.6) is 0 Å². The molecule has 0 atom stereocenters. The second-order valence-electron chi connectivity index (χ2n) is 3.17. The van der Waals surface area contributed by atoms with Crippen molar-refractivity contribution in [3.63, 3.8) is 0 Å². The van der Waals surface area contributed by atoms with Gasteiger partial charge in [-0.2, -0.15) is 14.1 Å². The molecule has 0 bridgehead atoms. The zero-order valence-electron chi connectivity index (χ0n) is 10.0. The molecule has 0 spiro atoms. The van der Waals surface area contributed by atoms with Crippen LogP contribution < -0.4 is 0 Å². The Balaban J connectivity index is 0.000000511. The number of hydrogen-bond acceptors (Lipinski definition) is 0. The SMILES string of the molecule is C[N-]C.C[N-]c1cccc2ccccc12.[Y]. The molecule has 2 aromatic carbocycles. The Hall–Kier alpha value is -0.436. The van der Waals surface area contributed by atoms with Crippen LogP contribution in [0, 0.1) is 0 Å². The van der Waals surface area contributed by atoms with Gasteiger partial charge in [0, 0.05) is 32.7 Å². The number of fused-ring (bicyclic) bond motifs is 1. The first-order chi connectivity index (χ1) is 7.33. The second kappa shape index (κ2) is 8.69. The normalized spacial score (nSPS) is 8.69. The third-order valence-corrected chi connectivity index (χ3v) is 2.01. The summed E-state index contributed by atoms with van der Waals surface area (Å²) >= 11 is 0. The summed E-state index contributed by atoms with van der Waals surface area (Å²) in [7, 11) is 5.32. The van der Waals surface area contributed by atoms with Crippen LogP contribution in [0.25, 0.3) is 21.4 Å². The minimum absolute atomic E-state index is 0. The Morgan fingerprint density at radius 3 is 2.00 bits per heavy atom. The predicted octanol–water partition coefficient (Wildman–Crippen LogP) is 4.09. The summed E-state index contributed by atoms with van der Waals surface area (Å²) in [6, 6.07) is 14.4. The van der Waals surface area contributed by atoms with Crippen LogP contribution in [0.1, 0.15) is 0 Å². The van der Waals surface area contributed by atoms with Crippen molar-refractivity contribution in [3.05, 3.63) is 53.1 Å². The van der Waals surface area contributed by atoms with Crippen LogP contribution in [0.2, 0.25) is 0 Å². The monoisotopic (exact) mass is 289 g/mol. The predicted molar refractivity (Wildman–Crippen MR) is 68.1 cm³/mol. The van der Waals surface area contributed by atoms with Crippen LogP contribution in [0.4, 0.5) is 5.69 Å². The Morgan fingerprint density at radius 1 is 0.812 bits per heavy atom. The fraction of sp³-hybridized carbons (Fsp3) is 0.231. The van der Waals surface area contributed by atoms with E-state index in [9.17, 15) is 0 Å². The quantitative estimate of drug-likeness (QED) is 0.756. The molecule has 0 unspecified atom stereocenters. The van der Waals surface area contributed by atoms with Gasteiger partial charge in [0.1, 0.15) is 0 Å². The zero-order chi connectivity index (χ0) is 11.1.